The predicted molar refractivity (Wildman–Crippen MR) is 78.3 cm³/mol. The zero-order chi connectivity index (χ0) is 14.5. The van der Waals surface area contributed by atoms with Gasteiger partial charge in [-0.3, -0.25) is 4.79 Å². The van der Waals surface area contributed by atoms with E-state index in [1.807, 2.05) is 38.1 Å². The summed E-state index contributed by atoms with van der Waals surface area (Å²) in [6.07, 6.45) is 0.428. The average molecular weight is 271 g/mol. The Kier molecular flexibility index (Phi) is 4.35. The fraction of sp³-hybridized carbons (Fsp3) is 0.250. The minimum Gasteiger partial charge on any atom is -0.410 e. The van der Waals surface area contributed by atoms with Crippen LogP contribution in [-0.2, 0) is 0 Å². The molecule has 0 heterocycles. The lowest BCUT2D eigenvalue weighted by atomic mass is 10.0. The standard InChI is InChI=1S/C16H17NO3/c1-3-17(4-2)16(19)20-15-10-9-12(11-18)13-7-5-6-8-14(13)15/h5-11H,3-4H2,1-2H3. The minimum absolute atomic E-state index is 0.376. The van der Waals surface area contributed by atoms with Crippen molar-refractivity contribution in [2.45, 2.75) is 13.8 Å². The molecule has 0 fully saturated rings. The number of ether oxygens (including phenoxy) is 1. The quantitative estimate of drug-likeness (QED) is 0.800. The molecule has 0 aliphatic heterocycles. The Bertz CT molecular complexity index is 633. The second-order valence-electron chi connectivity index (χ2n) is 4.36. The van der Waals surface area contributed by atoms with Crippen LogP contribution in [0.4, 0.5) is 4.79 Å². The van der Waals surface area contributed by atoms with Gasteiger partial charge in [-0.15, -0.1) is 0 Å². The first kappa shape index (κ1) is 14.1. The van der Waals surface area contributed by atoms with E-state index in [2.05, 4.69) is 0 Å². The highest BCUT2D eigenvalue weighted by Crippen LogP contribution is 2.28. The summed E-state index contributed by atoms with van der Waals surface area (Å²) in [6, 6.07) is 10.7. The van der Waals surface area contributed by atoms with Crippen LogP contribution in [0.5, 0.6) is 5.75 Å². The molecule has 0 unspecified atom stereocenters. The van der Waals surface area contributed by atoms with Gasteiger partial charge in [0.1, 0.15) is 5.75 Å². The predicted octanol–water partition coefficient (Wildman–Crippen LogP) is 3.49. The number of carbonyl (C=O) groups is 2. The van der Waals surface area contributed by atoms with E-state index < -0.39 is 0 Å². The Morgan fingerprint density at radius 3 is 2.35 bits per heavy atom. The molecule has 0 radical (unpaired) electrons. The monoisotopic (exact) mass is 271 g/mol. The van der Waals surface area contributed by atoms with Crippen LogP contribution in [0, 0.1) is 0 Å². The molecule has 1 amide bonds. The Morgan fingerprint density at radius 1 is 1.10 bits per heavy atom. The van der Waals surface area contributed by atoms with Crippen molar-refractivity contribution < 1.29 is 14.3 Å². The molecule has 0 aliphatic carbocycles. The van der Waals surface area contributed by atoms with Gasteiger partial charge < -0.3 is 9.64 Å². The molecule has 4 nitrogen and oxygen atoms in total. The Balaban J connectivity index is 2.41. The molecule has 0 aromatic heterocycles. The van der Waals surface area contributed by atoms with Gasteiger partial charge in [-0.1, -0.05) is 24.3 Å². The summed E-state index contributed by atoms with van der Waals surface area (Å²) in [6.45, 7) is 5.00. The van der Waals surface area contributed by atoms with Crippen molar-refractivity contribution in [1.29, 1.82) is 0 Å². The smallest absolute Gasteiger partial charge is 0.410 e. The van der Waals surface area contributed by atoms with Crippen LogP contribution in [0.15, 0.2) is 36.4 Å². The molecule has 2 aromatic carbocycles. The van der Waals surface area contributed by atoms with Gasteiger partial charge in [0.2, 0.25) is 0 Å². The molecule has 2 aromatic rings. The maximum atomic E-state index is 12.0. The first-order valence-electron chi connectivity index (χ1n) is 6.65. The van der Waals surface area contributed by atoms with Crippen LogP contribution in [0.2, 0.25) is 0 Å². The van der Waals surface area contributed by atoms with Crippen molar-refractivity contribution in [1.82, 2.24) is 4.90 Å². The third kappa shape index (κ3) is 2.64. The summed E-state index contributed by atoms with van der Waals surface area (Å²) >= 11 is 0. The average Bonchev–Trinajstić information content (AvgIpc) is 2.49. The number of hydrogen-bond acceptors (Lipinski definition) is 3. The van der Waals surface area contributed by atoms with Gasteiger partial charge >= 0.3 is 6.09 Å². The lowest BCUT2D eigenvalue weighted by molar-refractivity contribution is 0.112. The second kappa shape index (κ2) is 6.19. The van der Waals surface area contributed by atoms with Crippen molar-refractivity contribution in [3.05, 3.63) is 42.0 Å². The molecule has 0 saturated heterocycles. The lowest BCUT2D eigenvalue weighted by Crippen LogP contribution is -2.33. The first-order valence-corrected chi connectivity index (χ1v) is 6.65. The van der Waals surface area contributed by atoms with Crippen LogP contribution in [0.25, 0.3) is 10.8 Å². The maximum absolute atomic E-state index is 12.0. The third-order valence-electron chi connectivity index (χ3n) is 3.26. The number of carbonyl (C=O) groups excluding carboxylic acids is 2. The number of rotatable bonds is 4. The summed E-state index contributed by atoms with van der Waals surface area (Å²) in [5.41, 5.74) is 0.586. The Hall–Kier alpha value is -2.36. The van der Waals surface area contributed by atoms with Gasteiger partial charge in [0, 0.05) is 24.0 Å². The molecule has 0 atom stereocenters. The molecule has 0 saturated carbocycles. The highest BCUT2D eigenvalue weighted by atomic mass is 16.6. The highest BCUT2D eigenvalue weighted by Gasteiger charge is 2.14. The number of amides is 1. The summed E-state index contributed by atoms with van der Waals surface area (Å²) in [5, 5.41) is 1.55. The summed E-state index contributed by atoms with van der Waals surface area (Å²) in [7, 11) is 0. The normalized spacial score (nSPS) is 10.3. The topological polar surface area (TPSA) is 46.6 Å². The van der Waals surface area contributed by atoms with Gasteiger partial charge in [0.15, 0.2) is 6.29 Å². The minimum atomic E-state index is -0.376. The Morgan fingerprint density at radius 2 is 1.75 bits per heavy atom. The van der Waals surface area contributed by atoms with E-state index in [0.717, 1.165) is 17.1 Å². The summed E-state index contributed by atoms with van der Waals surface area (Å²) in [4.78, 5) is 24.6. The Labute approximate surface area is 117 Å². The number of benzene rings is 2. The van der Waals surface area contributed by atoms with E-state index >= 15 is 0 Å². The van der Waals surface area contributed by atoms with Crippen LogP contribution in [0.1, 0.15) is 24.2 Å². The largest absolute Gasteiger partial charge is 0.415 e. The first-order chi connectivity index (χ1) is 9.71. The zero-order valence-corrected chi connectivity index (χ0v) is 11.6. The van der Waals surface area contributed by atoms with E-state index in [4.69, 9.17) is 4.74 Å². The van der Waals surface area contributed by atoms with Crippen LogP contribution in [0.3, 0.4) is 0 Å². The molecule has 0 spiro atoms. The third-order valence-corrected chi connectivity index (χ3v) is 3.26. The van der Waals surface area contributed by atoms with E-state index in [9.17, 15) is 9.59 Å². The van der Waals surface area contributed by atoms with Crippen LogP contribution < -0.4 is 4.74 Å². The molecule has 2 rings (SSSR count). The SMILES string of the molecule is CCN(CC)C(=O)Oc1ccc(C=O)c2ccccc12. The molecule has 20 heavy (non-hydrogen) atoms. The van der Waals surface area contributed by atoms with E-state index in [1.54, 1.807) is 17.0 Å². The molecule has 0 aliphatic rings. The van der Waals surface area contributed by atoms with Gasteiger partial charge in [-0.2, -0.15) is 0 Å². The molecular formula is C16H17NO3. The van der Waals surface area contributed by atoms with Crippen molar-refractivity contribution >= 4 is 23.2 Å². The van der Waals surface area contributed by atoms with Gasteiger partial charge in [0.05, 0.1) is 0 Å². The van der Waals surface area contributed by atoms with Crippen LogP contribution >= 0.6 is 0 Å². The van der Waals surface area contributed by atoms with Crippen molar-refractivity contribution in [2.75, 3.05) is 13.1 Å². The van der Waals surface area contributed by atoms with E-state index in [0.29, 0.717) is 24.4 Å². The summed E-state index contributed by atoms with van der Waals surface area (Å²) in [5.74, 6) is 0.475. The fourth-order valence-electron chi connectivity index (χ4n) is 2.13. The van der Waals surface area contributed by atoms with E-state index in [1.165, 1.54) is 0 Å². The fourth-order valence-corrected chi connectivity index (χ4v) is 2.13. The maximum Gasteiger partial charge on any atom is 0.415 e. The second-order valence-corrected chi connectivity index (χ2v) is 4.36. The molecule has 104 valence electrons. The molecular weight excluding hydrogens is 254 g/mol. The number of fused-ring (bicyclic) bond motifs is 1. The highest BCUT2D eigenvalue weighted by molar-refractivity contribution is 6.01. The van der Waals surface area contributed by atoms with Crippen molar-refractivity contribution in [3.63, 3.8) is 0 Å². The number of hydrogen-bond donors (Lipinski definition) is 0. The molecule has 0 bridgehead atoms. The lowest BCUT2D eigenvalue weighted by Gasteiger charge is -2.18. The summed E-state index contributed by atoms with van der Waals surface area (Å²) < 4.78 is 5.44. The number of aldehydes is 1. The van der Waals surface area contributed by atoms with Gasteiger partial charge in [-0.05, 0) is 31.4 Å². The van der Waals surface area contributed by atoms with Crippen LogP contribution in [-0.4, -0.2) is 30.4 Å². The number of nitrogens with zero attached hydrogens (tertiary/aromatic N) is 1. The van der Waals surface area contributed by atoms with Crippen molar-refractivity contribution in [3.8, 4) is 5.75 Å². The van der Waals surface area contributed by atoms with Gasteiger partial charge in [0.25, 0.3) is 0 Å². The zero-order valence-electron chi connectivity index (χ0n) is 11.6. The molecule has 4 heteroatoms. The molecule has 0 N–H and O–H groups in total. The van der Waals surface area contributed by atoms with Crippen molar-refractivity contribution in [2.24, 2.45) is 0 Å². The van der Waals surface area contributed by atoms with Gasteiger partial charge in [-0.25, -0.2) is 4.79 Å². The van der Waals surface area contributed by atoms with E-state index in [-0.39, 0.29) is 6.09 Å².